The van der Waals surface area contributed by atoms with E-state index >= 15 is 0 Å². The fraction of sp³-hybridized carbons (Fsp3) is 0.250. The number of aryl methyl sites for hydroxylation is 1. The third-order valence-corrected chi connectivity index (χ3v) is 5.98. The van der Waals surface area contributed by atoms with Crippen LogP contribution in [-0.2, 0) is 11.3 Å². The number of carbonyl (C=O) groups excluding carboxylic acids is 2. The quantitative estimate of drug-likeness (QED) is 0.530. The van der Waals surface area contributed by atoms with E-state index in [4.69, 9.17) is 16.3 Å². The molecule has 28 heavy (non-hydrogen) atoms. The van der Waals surface area contributed by atoms with Crippen molar-refractivity contribution in [3.63, 3.8) is 0 Å². The van der Waals surface area contributed by atoms with Gasteiger partial charge in [0.15, 0.2) is 4.80 Å². The molecular formula is C20H19ClN2O3S2. The first kappa shape index (κ1) is 20.6. The number of carbonyl (C=O) groups is 2. The molecule has 0 N–H and O–H groups in total. The third-order valence-electron chi connectivity index (χ3n) is 4.01. The largest absolute Gasteiger partial charge is 0.462 e. The highest BCUT2D eigenvalue weighted by Crippen LogP contribution is 2.21. The molecule has 0 saturated carbocycles. The lowest BCUT2D eigenvalue weighted by Crippen LogP contribution is -2.18. The molecule has 0 spiro atoms. The Bertz CT molecular complexity index is 1090. The molecule has 0 aliphatic carbocycles. The van der Waals surface area contributed by atoms with E-state index in [0.717, 1.165) is 16.0 Å². The van der Waals surface area contributed by atoms with Gasteiger partial charge in [0, 0.05) is 12.3 Å². The second-order valence-electron chi connectivity index (χ2n) is 5.83. The third kappa shape index (κ3) is 4.48. The fourth-order valence-electron chi connectivity index (χ4n) is 2.68. The Morgan fingerprint density at radius 2 is 2.04 bits per heavy atom. The molecule has 0 fully saturated rings. The lowest BCUT2D eigenvalue weighted by atomic mass is 10.2. The van der Waals surface area contributed by atoms with Crippen molar-refractivity contribution in [2.24, 2.45) is 4.99 Å². The fourth-order valence-corrected chi connectivity index (χ4v) is 4.36. The molecule has 0 saturated heterocycles. The lowest BCUT2D eigenvalue weighted by molar-refractivity contribution is 0.0526. The number of thiazole rings is 1. The number of nitrogens with zero attached hydrogens (tertiary/aromatic N) is 2. The minimum absolute atomic E-state index is 0.321. The number of hydrogen-bond acceptors (Lipinski definition) is 5. The van der Waals surface area contributed by atoms with Gasteiger partial charge in [0.25, 0.3) is 5.91 Å². The highest BCUT2D eigenvalue weighted by molar-refractivity contribution is 7.98. The van der Waals surface area contributed by atoms with Gasteiger partial charge in [0.1, 0.15) is 0 Å². The van der Waals surface area contributed by atoms with Crippen molar-refractivity contribution in [2.75, 3.05) is 18.6 Å². The molecule has 5 nitrogen and oxygen atoms in total. The maximum Gasteiger partial charge on any atom is 0.338 e. The van der Waals surface area contributed by atoms with Crippen LogP contribution in [0.15, 0.2) is 47.5 Å². The van der Waals surface area contributed by atoms with Crippen molar-refractivity contribution in [3.05, 3.63) is 63.4 Å². The second-order valence-corrected chi connectivity index (χ2v) is 8.23. The molecule has 0 atom stereocenters. The van der Waals surface area contributed by atoms with E-state index in [1.165, 1.54) is 11.3 Å². The molecule has 3 rings (SSSR count). The smallest absolute Gasteiger partial charge is 0.338 e. The summed E-state index contributed by atoms with van der Waals surface area (Å²) in [5, 5.41) is 0.373. The van der Waals surface area contributed by atoms with Gasteiger partial charge in [-0.1, -0.05) is 35.1 Å². The number of hydrogen-bond donors (Lipinski definition) is 0. The van der Waals surface area contributed by atoms with Crippen molar-refractivity contribution in [1.82, 2.24) is 4.57 Å². The minimum Gasteiger partial charge on any atom is -0.462 e. The van der Waals surface area contributed by atoms with Gasteiger partial charge in [-0.15, -0.1) is 0 Å². The first-order valence-corrected chi connectivity index (χ1v) is 11.3. The molecule has 1 heterocycles. The number of rotatable bonds is 6. The SMILES string of the molecule is CCOC(=O)c1ccc2c(c1)sc(=NC(=O)c1ccccc1Cl)n2CCSC. The summed E-state index contributed by atoms with van der Waals surface area (Å²) < 4.78 is 7.95. The number of amides is 1. The van der Waals surface area contributed by atoms with Crippen LogP contribution in [0, 0.1) is 0 Å². The molecule has 1 aromatic heterocycles. The van der Waals surface area contributed by atoms with Crippen LogP contribution in [0.25, 0.3) is 10.2 Å². The Hall–Kier alpha value is -2.09. The summed E-state index contributed by atoms with van der Waals surface area (Å²) in [6, 6.07) is 12.3. The van der Waals surface area contributed by atoms with Gasteiger partial charge in [0.05, 0.1) is 33.0 Å². The summed E-state index contributed by atoms with van der Waals surface area (Å²) in [5.74, 6) is 0.124. The highest BCUT2D eigenvalue weighted by Gasteiger charge is 2.14. The number of thioether (sulfide) groups is 1. The van der Waals surface area contributed by atoms with Crippen LogP contribution in [0.5, 0.6) is 0 Å². The van der Waals surface area contributed by atoms with Gasteiger partial charge < -0.3 is 9.30 Å². The van der Waals surface area contributed by atoms with Crippen LogP contribution in [0.3, 0.4) is 0 Å². The van der Waals surface area contributed by atoms with Gasteiger partial charge in [-0.2, -0.15) is 16.8 Å². The Morgan fingerprint density at radius 1 is 1.25 bits per heavy atom. The topological polar surface area (TPSA) is 60.7 Å². The van der Waals surface area contributed by atoms with E-state index in [0.29, 0.717) is 34.1 Å². The van der Waals surface area contributed by atoms with Crippen molar-refractivity contribution >= 4 is 56.8 Å². The van der Waals surface area contributed by atoms with E-state index < -0.39 is 0 Å². The van der Waals surface area contributed by atoms with Crippen molar-refractivity contribution in [2.45, 2.75) is 13.5 Å². The molecule has 0 radical (unpaired) electrons. The predicted octanol–water partition coefficient (Wildman–Crippen LogP) is 4.64. The number of esters is 1. The zero-order chi connectivity index (χ0) is 20.1. The standard InChI is InChI=1S/C20H19ClN2O3S2/c1-3-26-19(25)13-8-9-16-17(12-13)28-20(23(16)10-11-27-2)22-18(24)14-6-4-5-7-15(14)21/h4-9,12H,3,10-11H2,1-2H3. The normalized spacial score (nSPS) is 11.8. The maximum absolute atomic E-state index is 12.7. The van der Waals surface area contributed by atoms with Gasteiger partial charge in [0.2, 0.25) is 0 Å². The zero-order valence-corrected chi connectivity index (χ0v) is 17.9. The number of aromatic nitrogens is 1. The van der Waals surface area contributed by atoms with Crippen molar-refractivity contribution in [1.29, 1.82) is 0 Å². The van der Waals surface area contributed by atoms with Gasteiger partial charge in [-0.05, 0) is 43.5 Å². The first-order valence-electron chi connectivity index (χ1n) is 8.68. The molecule has 146 valence electrons. The summed E-state index contributed by atoms with van der Waals surface area (Å²) in [5.41, 5.74) is 1.78. The van der Waals surface area contributed by atoms with Crippen LogP contribution in [0.1, 0.15) is 27.6 Å². The molecule has 3 aromatic rings. The van der Waals surface area contributed by atoms with Crippen LogP contribution >= 0.6 is 34.7 Å². The summed E-state index contributed by atoms with van der Waals surface area (Å²) in [4.78, 5) is 29.6. The number of benzene rings is 2. The Morgan fingerprint density at radius 3 is 2.75 bits per heavy atom. The molecule has 0 aliphatic heterocycles. The Labute approximate surface area is 176 Å². The van der Waals surface area contributed by atoms with Crippen molar-refractivity contribution in [3.8, 4) is 0 Å². The van der Waals surface area contributed by atoms with Crippen molar-refractivity contribution < 1.29 is 14.3 Å². The molecule has 0 bridgehead atoms. The van der Waals surface area contributed by atoms with E-state index in [1.54, 1.807) is 55.1 Å². The molecular weight excluding hydrogens is 416 g/mol. The minimum atomic E-state index is -0.388. The average Bonchev–Trinajstić information content (AvgIpc) is 3.02. The van der Waals surface area contributed by atoms with Crippen LogP contribution < -0.4 is 4.80 Å². The predicted molar refractivity (Wildman–Crippen MR) is 115 cm³/mol. The monoisotopic (exact) mass is 434 g/mol. The van der Waals surface area contributed by atoms with E-state index in [9.17, 15) is 9.59 Å². The molecule has 0 unspecified atom stereocenters. The van der Waals surface area contributed by atoms with Gasteiger partial charge in [-0.25, -0.2) is 4.79 Å². The van der Waals surface area contributed by atoms with E-state index in [1.807, 2.05) is 16.9 Å². The summed E-state index contributed by atoms with van der Waals surface area (Å²) in [7, 11) is 0. The van der Waals surface area contributed by atoms with E-state index in [-0.39, 0.29) is 11.9 Å². The Balaban J connectivity index is 2.10. The second kappa shape index (κ2) is 9.41. The molecule has 0 aliphatic rings. The van der Waals surface area contributed by atoms with Gasteiger partial charge >= 0.3 is 5.97 Å². The highest BCUT2D eigenvalue weighted by atomic mass is 35.5. The molecule has 1 amide bonds. The maximum atomic E-state index is 12.7. The van der Waals surface area contributed by atoms with Crippen LogP contribution in [0.2, 0.25) is 5.02 Å². The number of halogens is 1. The lowest BCUT2D eigenvalue weighted by Gasteiger charge is -2.05. The van der Waals surface area contributed by atoms with Crippen LogP contribution in [-0.4, -0.2) is 35.1 Å². The molecule has 2 aromatic carbocycles. The first-order chi connectivity index (χ1) is 13.5. The number of fused-ring (bicyclic) bond motifs is 1. The number of ether oxygens (including phenoxy) is 1. The summed E-state index contributed by atoms with van der Waals surface area (Å²) in [6.07, 6.45) is 2.03. The summed E-state index contributed by atoms with van der Waals surface area (Å²) in [6.45, 7) is 2.80. The molecule has 8 heteroatoms. The van der Waals surface area contributed by atoms with Crippen LogP contribution in [0.4, 0.5) is 0 Å². The Kier molecular flexibility index (Phi) is 6.93. The van der Waals surface area contributed by atoms with Gasteiger partial charge in [-0.3, -0.25) is 4.79 Å². The summed E-state index contributed by atoms with van der Waals surface area (Å²) >= 11 is 9.21. The van der Waals surface area contributed by atoms with E-state index in [2.05, 4.69) is 4.99 Å². The zero-order valence-electron chi connectivity index (χ0n) is 15.5. The average molecular weight is 435 g/mol.